The van der Waals surface area contributed by atoms with Gasteiger partial charge in [-0.25, -0.2) is 13.6 Å². The Bertz CT molecular complexity index is 712. The number of hydrogen-bond donors (Lipinski definition) is 2. The third kappa shape index (κ3) is 5.04. The number of benzene rings is 1. The Morgan fingerprint density at radius 3 is 2.57 bits per heavy atom. The fourth-order valence-corrected chi connectivity index (χ4v) is 2.99. The molecular weight excluding hydrogens is 320 g/mol. The second-order valence-electron chi connectivity index (χ2n) is 5.94. The number of carboxylic acids is 1. The number of carbonyl (C=O) groups excluding carboxylic acids is 1. The molecular formula is C15H20N2O5S. The van der Waals surface area contributed by atoms with E-state index in [1.807, 2.05) is 0 Å². The van der Waals surface area contributed by atoms with Crippen LogP contribution in [0.5, 0.6) is 0 Å². The Balaban J connectivity index is 2.19. The lowest BCUT2D eigenvalue weighted by Gasteiger charge is -2.24. The van der Waals surface area contributed by atoms with E-state index >= 15 is 0 Å². The lowest BCUT2D eigenvalue weighted by atomic mass is 10.1. The zero-order valence-corrected chi connectivity index (χ0v) is 13.6. The zero-order valence-electron chi connectivity index (χ0n) is 12.8. The van der Waals surface area contributed by atoms with Crippen molar-refractivity contribution in [3.05, 3.63) is 35.4 Å². The summed E-state index contributed by atoms with van der Waals surface area (Å²) in [6.45, 7) is 1.70. The van der Waals surface area contributed by atoms with Crippen LogP contribution in [0.1, 0.15) is 35.7 Å². The van der Waals surface area contributed by atoms with Crippen LogP contribution in [0, 0.1) is 5.92 Å². The van der Waals surface area contributed by atoms with Crippen LogP contribution >= 0.6 is 0 Å². The summed E-state index contributed by atoms with van der Waals surface area (Å²) in [5.41, 5.74) is 0.774. The summed E-state index contributed by atoms with van der Waals surface area (Å²) in [7, 11) is -3.68. The van der Waals surface area contributed by atoms with Gasteiger partial charge in [0, 0.05) is 18.2 Å². The van der Waals surface area contributed by atoms with Crippen molar-refractivity contribution in [3.8, 4) is 0 Å². The molecule has 0 aromatic heterocycles. The fourth-order valence-electron chi connectivity index (χ4n) is 2.35. The molecule has 0 heterocycles. The first-order valence-corrected chi connectivity index (χ1v) is 9.02. The molecule has 1 aromatic rings. The van der Waals surface area contributed by atoms with Crippen molar-refractivity contribution in [1.29, 1.82) is 0 Å². The number of nitrogens with two attached hydrogens (primary N) is 1. The van der Waals surface area contributed by atoms with E-state index in [1.165, 1.54) is 6.07 Å². The van der Waals surface area contributed by atoms with Crippen LogP contribution in [-0.4, -0.2) is 42.9 Å². The first kappa shape index (κ1) is 17.4. The molecule has 1 aliphatic rings. The van der Waals surface area contributed by atoms with E-state index in [-0.39, 0.29) is 24.2 Å². The topological polar surface area (TPSA) is 118 Å². The minimum Gasteiger partial charge on any atom is -0.481 e. The van der Waals surface area contributed by atoms with Gasteiger partial charge in [0.1, 0.15) is 0 Å². The smallest absolute Gasteiger partial charge is 0.308 e. The average Bonchev–Trinajstić information content (AvgIpc) is 3.26. The molecule has 1 atom stereocenters. The van der Waals surface area contributed by atoms with Gasteiger partial charge in [-0.2, -0.15) is 0 Å². The summed E-state index contributed by atoms with van der Waals surface area (Å²) in [4.78, 5) is 25.2. The van der Waals surface area contributed by atoms with Crippen molar-refractivity contribution in [2.75, 3.05) is 6.54 Å². The SMILES string of the molecule is CC(CN(C(=O)c1cccc(CS(N)(=O)=O)c1)C1CC1)C(=O)O. The normalized spacial score (nSPS) is 15.9. The lowest BCUT2D eigenvalue weighted by Crippen LogP contribution is -2.38. The van der Waals surface area contributed by atoms with E-state index in [0.717, 1.165) is 12.8 Å². The number of aliphatic carboxylic acids is 1. The minimum atomic E-state index is -3.68. The summed E-state index contributed by atoms with van der Waals surface area (Å²) >= 11 is 0. The van der Waals surface area contributed by atoms with Crippen molar-refractivity contribution in [2.24, 2.45) is 11.1 Å². The van der Waals surface area contributed by atoms with Crippen molar-refractivity contribution in [3.63, 3.8) is 0 Å². The van der Waals surface area contributed by atoms with Gasteiger partial charge in [-0.1, -0.05) is 19.1 Å². The number of carboxylic acid groups (broad SMARTS) is 1. The monoisotopic (exact) mass is 340 g/mol. The van der Waals surface area contributed by atoms with E-state index in [2.05, 4.69) is 0 Å². The molecule has 0 radical (unpaired) electrons. The van der Waals surface area contributed by atoms with Crippen LogP contribution in [0.25, 0.3) is 0 Å². The minimum absolute atomic E-state index is 0.0613. The standard InChI is InChI=1S/C15H20N2O5S/c1-10(15(19)20)8-17(13-5-6-13)14(18)12-4-2-3-11(7-12)9-23(16,21)22/h2-4,7,10,13H,5-6,8-9H2,1H3,(H,19,20)(H2,16,21,22). The second-order valence-corrected chi connectivity index (χ2v) is 7.55. The Morgan fingerprint density at radius 1 is 1.39 bits per heavy atom. The molecule has 0 saturated heterocycles. The molecule has 7 nitrogen and oxygen atoms in total. The number of amides is 1. The largest absolute Gasteiger partial charge is 0.481 e. The Morgan fingerprint density at radius 2 is 2.04 bits per heavy atom. The maximum atomic E-state index is 12.7. The summed E-state index contributed by atoms with van der Waals surface area (Å²) in [5, 5.41) is 14.1. The Kier molecular flexibility index (Phi) is 5.06. The van der Waals surface area contributed by atoms with Crippen LogP contribution in [0.15, 0.2) is 24.3 Å². The highest BCUT2D eigenvalue weighted by molar-refractivity contribution is 7.88. The molecule has 1 fully saturated rings. The molecule has 0 bridgehead atoms. The number of carbonyl (C=O) groups is 2. The second kappa shape index (κ2) is 6.67. The van der Waals surface area contributed by atoms with Crippen molar-refractivity contribution >= 4 is 21.9 Å². The average molecular weight is 340 g/mol. The molecule has 2 rings (SSSR count). The van der Waals surface area contributed by atoms with Crippen molar-refractivity contribution in [2.45, 2.75) is 31.6 Å². The van der Waals surface area contributed by atoms with Crippen LogP contribution in [0.2, 0.25) is 0 Å². The maximum absolute atomic E-state index is 12.7. The van der Waals surface area contributed by atoms with Gasteiger partial charge in [-0.3, -0.25) is 9.59 Å². The van der Waals surface area contributed by atoms with Crippen molar-refractivity contribution < 1.29 is 23.1 Å². The third-order valence-corrected chi connectivity index (χ3v) is 4.42. The molecule has 1 aliphatic carbocycles. The van der Waals surface area contributed by atoms with Crippen LogP contribution < -0.4 is 5.14 Å². The maximum Gasteiger partial charge on any atom is 0.308 e. The van der Waals surface area contributed by atoms with Gasteiger partial charge < -0.3 is 10.0 Å². The van der Waals surface area contributed by atoms with E-state index in [9.17, 15) is 18.0 Å². The van der Waals surface area contributed by atoms with Gasteiger partial charge in [0.25, 0.3) is 5.91 Å². The molecule has 0 spiro atoms. The number of nitrogens with zero attached hydrogens (tertiary/aromatic N) is 1. The summed E-state index contributed by atoms with van der Waals surface area (Å²) in [6, 6.07) is 6.33. The molecule has 8 heteroatoms. The number of sulfonamides is 1. The summed E-state index contributed by atoms with van der Waals surface area (Å²) in [5.74, 6) is -2.24. The summed E-state index contributed by atoms with van der Waals surface area (Å²) in [6.07, 6.45) is 1.71. The molecule has 1 saturated carbocycles. The van der Waals surface area contributed by atoms with Crippen molar-refractivity contribution in [1.82, 2.24) is 4.90 Å². The summed E-state index contributed by atoms with van der Waals surface area (Å²) < 4.78 is 22.3. The van der Waals surface area contributed by atoms with Crippen LogP contribution in [-0.2, 0) is 20.6 Å². The molecule has 0 aliphatic heterocycles. The molecule has 1 amide bonds. The predicted octanol–water partition coefficient (Wildman–Crippen LogP) is 0.800. The highest BCUT2D eigenvalue weighted by atomic mass is 32.2. The molecule has 1 unspecified atom stereocenters. The Labute approximate surface area is 135 Å². The fraction of sp³-hybridized carbons (Fsp3) is 0.467. The first-order chi connectivity index (χ1) is 10.7. The predicted molar refractivity (Wildman–Crippen MR) is 84.1 cm³/mol. The molecule has 126 valence electrons. The quantitative estimate of drug-likeness (QED) is 0.761. The van der Waals surface area contributed by atoms with Gasteiger partial charge in [-0.05, 0) is 30.5 Å². The van der Waals surface area contributed by atoms with Gasteiger partial charge in [0.2, 0.25) is 10.0 Å². The van der Waals surface area contributed by atoms with E-state index < -0.39 is 21.9 Å². The van der Waals surface area contributed by atoms with Gasteiger partial charge in [-0.15, -0.1) is 0 Å². The molecule has 1 aromatic carbocycles. The first-order valence-electron chi connectivity index (χ1n) is 7.30. The Hall–Kier alpha value is -1.93. The molecule has 23 heavy (non-hydrogen) atoms. The van der Waals surface area contributed by atoms with Gasteiger partial charge >= 0.3 is 5.97 Å². The van der Waals surface area contributed by atoms with Gasteiger partial charge in [0.15, 0.2) is 0 Å². The number of primary sulfonamides is 1. The van der Waals surface area contributed by atoms with E-state index in [0.29, 0.717) is 11.1 Å². The van der Waals surface area contributed by atoms with Crippen LogP contribution in [0.3, 0.4) is 0 Å². The van der Waals surface area contributed by atoms with E-state index in [4.69, 9.17) is 10.2 Å². The lowest BCUT2D eigenvalue weighted by molar-refractivity contribution is -0.141. The van der Waals surface area contributed by atoms with E-state index in [1.54, 1.807) is 30.0 Å². The zero-order chi connectivity index (χ0) is 17.2. The van der Waals surface area contributed by atoms with Gasteiger partial charge in [0.05, 0.1) is 11.7 Å². The number of hydrogen-bond acceptors (Lipinski definition) is 4. The molecule has 3 N–H and O–H groups in total. The highest BCUT2D eigenvalue weighted by Gasteiger charge is 2.35. The highest BCUT2D eigenvalue weighted by Crippen LogP contribution is 2.29. The number of rotatable bonds is 7. The third-order valence-electron chi connectivity index (χ3n) is 3.68. The van der Waals surface area contributed by atoms with Crippen LogP contribution in [0.4, 0.5) is 0 Å².